The maximum absolute atomic E-state index is 12.7. The number of carbonyl (C=O) groups excluding carboxylic acids is 2. The van der Waals surface area contributed by atoms with Crippen LogP contribution in [0.3, 0.4) is 0 Å². The molecule has 1 N–H and O–H groups in total. The van der Waals surface area contributed by atoms with Crippen molar-refractivity contribution < 1.29 is 19.1 Å². The van der Waals surface area contributed by atoms with Crippen molar-refractivity contribution in [3.63, 3.8) is 0 Å². The molecule has 146 valence electrons. The number of aromatic amines is 1. The summed E-state index contributed by atoms with van der Waals surface area (Å²) in [5.41, 5.74) is 2.58. The van der Waals surface area contributed by atoms with Crippen LogP contribution in [0.5, 0.6) is 5.75 Å². The van der Waals surface area contributed by atoms with Crippen molar-refractivity contribution in [3.8, 4) is 17.1 Å². The third kappa shape index (κ3) is 3.78. The first-order chi connectivity index (χ1) is 13.4. The molecule has 0 amide bonds. The maximum Gasteiger partial charge on any atom is 0.340 e. The fraction of sp³-hybridized carbons (Fsp3) is 0.316. The van der Waals surface area contributed by atoms with Crippen molar-refractivity contribution in [2.45, 2.75) is 27.3 Å². The summed E-state index contributed by atoms with van der Waals surface area (Å²) >= 11 is 0. The Morgan fingerprint density at radius 3 is 2.75 bits per heavy atom. The van der Waals surface area contributed by atoms with Crippen molar-refractivity contribution in [3.05, 3.63) is 46.8 Å². The topological polar surface area (TPSA) is 112 Å². The molecule has 3 rings (SSSR count). The lowest BCUT2D eigenvalue weighted by atomic mass is 10.1. The van der Waals surface area contributed by atoms with Crippen LogP contribution in [0.15, 0.2) is 24.3 Å². The van der Waals surface area contributed by atoms with Gasteiger partial charge in [0.25, 0.3) is 0 Å². The van der Waals surface area contributed by atoms with Gasteiger partial charge in [0.05, 0.1) is 25.0 Å². The number of aromatic nitrogens is 5. The lowest BCUT2D eigenvalue weighted by Gasteiger charge is -2.02. The van der Waals surface area contributed by atoms with Crippen LogP contribution in [-0.4, -0.2) is 50.7 Å². The number of nitrogens with zero attached hydrogens (tertiary/aromatic N) is 4. The summed E-state index contributed by atoms with van der Waals surface area (Å²) in [5, 5.41) is 12.2. The standard InChI is InChI=1S/C19H21N5O4/c1-5-28-19(26)16-11(2)17(20-12(16)3)15(25)10-24-22-18(21-23-24)13-7-6-8-14(9-13)27-4/h6-9,20H,5,10H2,1-4H3. The smallest absolute Gasteiger partial charge is 0.340 e. The van der Waals surface area contributed by atoms with Crippen LogP contribution in [0.4, 0.5) is 0 Å². The fourth-order valence-electron chi connectivity index (χ4n) is 2.93. The van der Waals surface area contributed by atoms with Crippen LogP contribution in [0, 0.1) is 13.8 Å². The van der Waals surface area contributed by atoms with E-state index in [0.29, 0.717) is 34.1 Å². The van der Waals surface area contributed by atoms with E-state index < -0.39 is 5.97 Å². The second-order valence-electron chi connectivity index (χ2n) is 6.14. The van der Waals surface area contributed by atoms with Gasteiger partial charge < -0.3 is 14.5 Å². The average molecular weight is 383 g/mol. The number of hydrogen-bond donors (Lipinski definition) is 1. The number of esters is 1. The number of carbonyl (C=O) groups is 2. The molecule has 9 heteroatoms. The molecule has 1 aromatic carbocycles. The maximum atomic E-state index is 12.7. The van der Waals surface area contributed by atoms with Gasteiger partial charge in [-0.3, -0.25) is 4.79 Å². The summed E-state index contributed by atoms with van der Waals surface area (Å²) in [6.45, 7) is 5.32. The van der Waals surface area contributed by atoms with Crippen LogP contribution < -0.4 is 4.74 Å². The Morgan fingerprint density at radius 1 is 1.25 bits per heavy atom. The van der Waals surface area contributed by atoms with Crippen molar-refractivity contribution >= 4 is 11.8 Å². The number of H-pyrrole nitrogens is 1. The van der Waals surface area contributed by atoms with Crippen LogP contribution >= 0.6 is 0 Å². The number of rotatable bonds is 7. The van der Waals surface area contributed by atoms with Gasteiger partial charge in [-0.05, 0) is 43.7 Å². The van der Waals surface area contributed by atoms with Gasteiger partial charge >= 0.3 is 5.97 Å². The van der Waals surface area contributed by atoms with E-state index in [0.717, 1.165) is 5.56 Å². The van der Waals surface area contributed by atoms with E-state index in [1.807, 2.05) is 18.2 Å². The number of nitrogens with one attached hydrogen (secondary N) is 1. The molecule has 0 bridgehead atoms. The summed E-state index contributed by atoms with van der Waals surface area (Å²) in [6, 6.07) is 7.25. The molecular formula is C19H21N5O4. The van der Waals surface area contributed by atoms with Crippen molar-refractivity contribution in [2.75, 3.05) is 13.7 Å². The predicted octanol–water partition coefficient (Wildman–Crippen LogP) is 2.35. The monoisotopic (exact) mass is 383 g/mol. The highest BCUT2D eigenvalue weighted by atomic mass is 16.5. The highest BCUT2D eigenvalue weighted by Gasteiger charge is 2.23. The molecule has 0 aliphatic carbocycles. The number of ether oxygens (including phenoxy) is 2. The minimum absolute atomic E-state index is 0.111. The molecule has 0 saturated carbocycles. The summed E-state index contributed by atoms with van der Waals surface area (Å²) in [6.07, 6.45) is 0. The minimum Gasteiger partial charge on any atom is -0.497 e. The Balaban J connectivity index is 1.80. The number of tetrazole rings is 1. The van der Waals surface area contributed by atoms with Gasteiger partial charge in [-0.15, -0.1) is 10.2 Å². The summed E-state index contributed by atoms with van der Waals surface area (Å²) in [5.74, 6) is 0.352. The second kappa shape index (κ2) is 8.03. The SMILES string of the molecule is CCOC(=O)c1c(C)[nH]c(C(=O)Cn2nnc(-c3cccc(OC)c3)n2)c1C. The first-order valence-corrected chi connectivity index (χ1v) is 8.76. The van der Waals surface area contributed by atoms with E-state index in [1.54, 1.807) is 33.9 Å². The van der Waals surface area contributed by atoms with Crippen LogP contribution in [-0.2, 0) is 11.3 Å². The highest BCUT2D eigenvalue weighted by Crippen LogP contribution is 2.21. The molecule has 0 aliphatic rings. The minimum atomic E-state index is -0.452. The molecular weight excluding hydrogens is 362 g/mol. The first kappa shape index (κ1) is 19.3. The van der Waals surface area contributed by atoms with Crippen molar-refractivity contribution in [1.29, 1.82) is 0 Å². The van der Waals surface area contributed by atoms with Gasteiger partial charge in [-0.1, -0.05) is 12.1 Å². The molecule has 3 aromatic rings. The third-order valence-corrected chi connectivity index (χ3v) is 4.26. The Labute approximate surface area is 161 Å². The van der Waals surface area contributed by atoms with Crippen LogP contribution in [0.1, 0.15) is 39.0 Å². The quantitative estimate of drug-likeness (QED) is 0.492. The lowest BCUT2D eigenvalue weighted by molar-refractivity contribution is 0.0525. The van der Waals surface area contributed by atoms with E-state index >= 15 is 0 Å². The summed E-state index contributed by atoms with van der Waals surface area (Å²) in [4.78, 5) is 29.0. The molecule has 9 nitrogen and oxygen atoms in total. The molecule has 2 heterocycles. The predicted molar refractivity (Wildman–Crippen MR) is 100 cm³/mol. The largest absolute Gasteiger partial charge is 0.497 e. The summed E-state index contributed by atoms with van der Waals surface area (Å²) < 4.78 is 10.2. The molecule has 0 fully saturated rings. The molecule has 0 atom stereocenters. The van der Waals surface area contributed by atoms with Crippen molar-refractivity contribution in [2.24, 2.45) is 0 Å². The number of benzene rings is 1. The van der Waals surface area contributed by atoms with Crippen molar-refractivity contribution in [1.82, 2.24) is 25.2 Å². The lowest BCUT2D eigenvalue weighted by Crippen LogP contribution is -2.15. The summed E-state index contributed by atoms with van der Waals surface area (Å²) in [7, 11) is 1.58. The van der Waals surface area contributed by atoms with Crippen LogP contribution in [0.2, 0.25) is 0 Å². The van der Waals surface area contributed by atoms with E-state index in [4.69, 9.17) is 9.47 Å². The zero-order valence-corrected chi connectivity index (χ0v) is 16.1. The Bertz CT molecular complexity index is 1020. The van der Waals surface area contributed by atoms with E-state index in [1.165, 1.54) is 4.80 Å². The number of Topliss-reactive ketones (excluding diaryl/α,β-unsaturated/α-hetero) is 1. The Hall–Kier alpha value is -3.49. The molecule has 0 unspecified atom stereocenters. The van der Waals surface area contributed by atoms with Gasteiger partial charge in [0, 0.05) is 11.3 Å². The van der Waals surface area contributed by atoms with Gasteiger partial charge in [-0.2, -0.15) is 4.80 Å². The number of hydrogen-bond acceptors (Lipinski definition) is 7. The fourth-order valence-corrected chi connectivity index (χ4v) is 2.93. The molecule has 2 aromatic heterocycles. The van der Waals surface area contributed by atoms with E-state index in [2.05, 4.69) is 20.4 Å². The first-order valence-electron chi connectivity index (χ1n) is 8.76. The number of aryl methyl sites for hydroxylation is 1. The third-order valence-electron chi connectivity index (χ3n) is 4.26. The van der Waals surface area contributed by atoms with Gasteiger partial charge in [-0.25, -0.2) is 4.79 Å². The molecule has 0 spiro atoms. The zero-order valence-electron chi connectivity index (χ0n) is 16.1. The van der Waals surface area contributed by atoms with Gasteiger partial charge in [0.1, 0.15) is 12.3 Å². The molecule has 0 aliphatic heterocycles. The zero-order chi connectivity index (χ0) is 20.3. The molecule has 0 saturated heterocycles. The second-order valence-corrected chi connectivity index (χ2v) is 6.14. The van der Waals surface area contributed by atoms with E-state index in [9.17, 15) is 9.59 Å². The van der Waals surface area contributed by atoms with Gasteiger partial charge in [0.15, 0.2) is 0 Å². The number of methoxy groups -OCH3 is 1. The molecule has 28 heavy (non-hydrogen) atoms. The Morgan fingerprint density at radius 2 is 2.04 bits per heavy atom. The van der Waals surface area contributed by atoms with Gasteiger partial charge in [0.2, 0.25) is 11.6 Å². The highest BCUT2D eigenvalue weighted by molar-refractivity contribution is 6.01. The number of ketones is 1. The average Bonchev–Trinajstić information content (AvgIpc) is 3.26. The normalized spacial score (nSPS) is 10.7. The molecule has 0 radical (unpaired) electrons. The Kier molecular flexibility index (Phi) is 5.53. The van der Waals surface area contributed by atoms with Crippen LogP contribution in [0.25, 0.3) is 11.4 Å². The van der Waals surface area contributed by atoms with E-state index in [-0.39, 0.29) is 18.9 Å².